The molecule has 0 saturated carbocycles. The van der Waals surface area contributed by atoms with Gasteiger partial charge in [0.15, 0.2) is 0 Å². The Labute approximate surface area is 150 Å². The van der Waals surface area contributed by atoms with E-state index < -0.39 is 4.92 Å². The lowest BCUT2D eigenvalue weighted by Gasteiger charge is -2.03. The number of amides is 1. The highest BCUT2D eigenvalue weighted by Gasteiger charge is 2.13. The maximum Gasteiger partial charge on any atom is 0.269 e. The van der Waals surface area contributed by atoms with Gasteiger partial charge in [0.05, 0.1) is 16.3 Å². The van der Waals surface area contributed by atoms with Crippen LogP contribution in [0, 0.1) is 10.1 Å². The highest BCUT2D eigenvalue weighted by atomic mass is 32.1. The van der Waals surface area contributed by atoms with Crippen LogP contribution in [-0.4, -0.2) is 16.6 Å². The number of rotatable bonds is 6. The molecule has 0 fully saturated rings. The Kier molecular flexibility index (Phi) is 5.01. The standard InChI is InChI=1S/C17H12N2O4S2/c20-16(12-7-8-24-10-12)15-6-5-14(25-15)9-18-17(21)11-1-3-13(4-2-11)19(22)23/h1-8,10H,9H2,(H,18,21). The summed E-state index contributed by atoms with van der Waals surface area (Å²) in [6.07, 6.45) is 0. The van der Waals surface area contributed by atoms with Crippen molar-refractivity contribution in [3.63, 3.8) is 0 Å². The highest BCUT2D eigenvalue weighted by Crippen LogP contribution is 2.21. The number of nitrogens with one attached hydrogen (secondary N) is 1. The van der Waals surface area contributed by atoms with Crippen LogP contribution in [0.5, 0.6) is 0 Å². The van der Waals surface area contributed by atoms with E-state index in [0.717, 1.165) is 4.88 Å². The third-order valence-corrected chi connectivity index (χ3v) is 5.20. The van der Waals surface area contributed by atoms with Gasteiger partial charge >= 0.3 is 0 Å². The van der Waals surface area contributed by atoms with E-state index in [1.54, 1.807) is 23.6 Å². The van der Waals surface area contributed by atoms with E-state index in [-0.39, 0.29) is 23.9 Å². The normalized spacial score (nSPS) is 10.4. The summed E-state index contributed by atoms with van der Waals surface area (Å²) in [5.41, 5.74) is 0.941. The largest absolute Gasteiger partial charge is 0.347 e. The molecule has 3 aromatic rings. The molecule has 0 atom stereocenters. The Hall–Kier alpha value is -2.84. The lowest BCUT2D eigenvalue weighted by Crippen LogP contribution is -2.22. The summed E-state index contributed by atoms with van der Waals surface area (Å²) in [6, 6.07) is 10.7. The fourth-order valence-electron chi connectivity index (χ4n) is 2.13. The van der Waals surface area contributed by atoms with Gasteiger partial charge in [-0.3, -0.25) is 19.7 Å². The maximum atomic E-state index is 12.2. The van der Waals surface area contributed by atoms with Crippen LogP contribution in [0.2, 0.25) is 0 Å². The molecule has 1 N–H and O–H groups in total. The Morgan fingerprint density at radius 2 is 1.80 bits per heavy atom. The molecule has 3 rings (SSSR count). The number of carbonyl (C=O) groups excluding carboxylic acids is 2. The van der Waals surface area contributed by atoms with Crippen molar-refractivity contribution in [2.24, 2.45) is 0 Å². The third kappa shape index (κ3) is 3.98. The predicted octanol–water partition coefficient (Wildman–Crippen LogP) is 3.88. The number of carbonyl (C=O) groups is 2. The van der Waals surface area contributed by atoms with Crippen molar-refractivity contribution in [3.8, 4) is 0 Å². The van der Waals surface area contributed by atoms with Crippen LogP contribution in [0.3, 0.4) is 0 Å². The average Bonchev–Trinajstić information content (AvgIpc) is 3.31. The van der Waals surface area contributed by atoms with Crippen LogP contribution >= 0.6 is 22.7 Å². The van der Waals surface area contributed by atoms with Gasteiger partial charge in [0.2, 0.25) is 5.78 Å². The van der Waals surface area contributed by atoms with Crippen LogP contribution in [0.15, 0.2) is 53.2 Å². The van der Waals surface area contributed by atoms with E-state index in [4.69, 9.17) is 0 Å². The van der Waals surface area contributed by atoms with E-state index in [1.807, 2.05) is 5.38 Å². The fourth-order valence-corrected chi connectivity index (χ4v) is 3.68. The molecule has 25 heavy (non-hydrogen) atoms. The molecule has 6 nitrogen and oxygen atoms in total. The molecule has 0 unspecified atom stereocenters. The molecular weight excluding hydrogens is 360 g/mol. The topological polar surface area (TPSA) is 89.3 Å². The van der Waals surface area contributed by atoms with Gasteiger partial charge in [-0.1, -0.05) is 0 Å². The summed E-state index contributed by atoms with van der Waals surface area (Å²) in [5.74, 6) is -0.354. The van der Waals surface area contributed by atoms with Crippen LogP contribution in [-0.2, 0) is 6.54 Å². The molecule has 126 valence electrons. The Balaban J connectivity index is 1.61. The van der Waals surface area contributed by atoms with Gasteiger partial charge in [-0.05, 0) is 35.7 Å². The summed E-state index contributed by atoms with van der Waals surface area (Å²) >= 11 is 2.80. The lowest BCUT2D eigenvalue weighted by atomic mass is 10.2. The van der Waals surface area contributed by atoms with E-state index in [1.165, 1.54) is 46.9 Å². The van der Waals surface area contributed by atoms with Gasteiger partial charge in [0.25, 0.3) is 11.6 Å². The lowest BCUT2D eigenvalue weighted by molar-refractivity contribution is -0.384. The molecule has 0 radical (unpaired) electrons. The molecule has 1 aromatic carbocycles. The number of non-ortho nitro benzene ring substituents is 1. The van der Waals surface area contributed by atoms with Crippen molar-refractivity contribution < 1.29 is 14.5 Å². The monoisotopic (exact) mass is 372 g/mol. The van der Waals surface area contributed by atoms with E-state index in [2.05, 4.69) is 5.32 Å². The zero-order valence-electron chi connectivity index (χ0n) is 12.8. The van der Waals surface area contributed by atoms with E-state index >= 15 is 0 Å². The molecule has 1 amide bonds. The van der Waals surface area contributed by atoms with Crippen LogP contribution in [0.25, 0.3) is 0 Å². The zero-order chi connectivity index (χ0) is 17.8. The van der Waals surface area contributed by atoms with Crippen molar-refractivity contribution in [2.45, 2.75) is 6.54 Å². The minimum atomic E-state index is -0.515. The maximum absolute atomic E-state index is 12.2. The smallest absolute Gasteiger partial charge is 0.269 e. The van der Waals surface area contributed by atoms with Gasteiger partial charge < -0.3 is 5.32 Å². The van der Waals surface area contributed by atoms with Crippen LogP contribution in [0.1, 0.15) is 30.5 Å². The van der Waals surface area contributed by atoms with Crippen LogP contribution in [0.4, 0.5) is 5.69 Å². The van der Waals surface area contributed by atoms with Crippen LogP contribution < -0.4 is 5.32 Å². The number of nitrogens with zero attached hydrogens (tertiary/aromatic N) is 1. The summed E-state index contributed by atoms with van der Waals surface area (Å²) in [7, 11) is 0. The van der Waals surface area contributed by atoms with Crippen molar-refractivity contribution in [2.75, 3.05) is 0 Å². The molecule has 8 heteroatoms. The minimum absolute atomic E-state index is 0.0285. The SMILES string of the molecule is O=C(NCc1ccc(C(=O)c2ccsc2)s1)c1ccc([N+](=O)[O-])cc1. The number of hydrogen-bond acceptors (Lipinski definition) is 6. The molecule has 0 aliphatic heterocycles. The second kappa shape index (κ2) is 7.37. The zero-order valence-corrected chi connectivity index (χ0v) is 14.4. The number of thiophene rings is 2. The Morgan fingerprint density at radius 3 is 2.44 bits per heavy atom. The summed E-state index contributed by atoms with van der Waals surface area (Å²) in [5, 5.41) is 17.0. The predicted molar refractivity (Wildman–Crippen MR) is 96.3 cm³/mol. The van der Waals surface area contributed by atoms with Gasteiger partial charge in [-0.2, -0.15) is 11.3 Å². The number of hydrogen-bond donors (Lipinski definition) is 1. The summed E-state index contributed by atoms with van der Waals surface area (Å²) in [4.78, 5) is 35.9. The number of benzene rings is 1. The average molecular weight is 372 g/mol. The molecule has 2 aromatic heterocycles. The van der Waals surface area contributed by atoms with Crippen molar-refractivity contribution in [1.29, 1.82) is 0 Å². The fraction of sp³-hybridized carbons (Fsp3) is 0.0588. The van der Waals surface area contributed by atoms with Crippen molar-refractivity contribution in [1.82, 2.24) is 5.32 Å². The molecule has 2 heterocycles. The second-order valence-electron chi connectivity index (χ2n) is 5.09. The molecule has 0 aliphatic carbocycles. The molecule has 0 bridgehead atoms. The quantitative estimate of drug-likeness (QED) is 0.404. The first-order valence-corrected chi connectivity index (χ1v) is 8.99. The molecule has 0 saturated heterocycles. The minimum Gasteiger partial charge on any atom is -0.347 e. The van der Waals surface area contributed by atoms with E-state index in [0.29, 0.717) is 16.0 Å². The first-order chi connectivity index (χ1) is 12.0. The highest BCUT2D eigenvalue weighted by molar-refractivity contribution is 7.14. The molecule has 0 spiro atoms. The summed E-state index contributed by atoms with van der Waals surface area (Å²) < 4.78 is 0. The summed E-state index contributed by atoms with van der Waals surface area (Å²) in [6.45, 7) is 0.289. The first kappa shape index (κ1) is 17.0. The molecular formula is C17H12N2O4S2. The van der Waals surface area contributed by atoms with Crippen molar-refractivity contribution >= 4 is 40.1 Å². The number of nitro benzene ring substituents is 1. The van der Waals surface area contributed by atoms with Gasteiger partial charge in [0.1, 0.15) is 0 Å². The second-order valence-corrected chi connectivity index (χ2v) is 7.04. The van der Waals surface area contributed by atoms with E-state index in [9.17, 15) is 19.7 Å². The first-order valence-electron chi connectivity index (χ1n) is 7.23. The Morgan fingerprint density at radius 1 is 1.04 bits per heavy atom. The van der Waals surface area contributed by atoms with Crippen molar-refractivity contribution in [3.05, 3.63) is 84.2 Å². The van der Waals surface area contributed by atoms with Gasteiger partial charge in [-0.25, -0.2) is 0 Å². The number of nitro groups is 1. The number of ketones is 1. The Bertz CT molecular complexity index is 915. The van der Waals surface area contributed by atoms with Gasteiger partial charge in [0, 0.05) is 33.5 Å². The molecule has 0 aliphatic rings. The van der Waals surface area contributed by atoms with Gasteiger partial charge in [-0.15, -0.1) is 11.3 Å². The third-order valence-electron chi connectivity index (χ3n) is 3.43.